The number of hydrogen-bond acceptors (Lipinski definition) is 0. The number of rotatable bonds is 1. The standard InChI is InChI=1S/C19H25N2/c1-18(2)10-15-11-19(3,12-20-15)17(18)14-5-6-16-13(9-14)7-8-21(16)4/h5-9,15,17H,10-12H2,1-4H3. The molecule has 2 aliphatic rings. The Balaban J connectivity index is 1.85. The van der Waals surface area contributed by atoms with Crippen LogP contribution in [0.1, 0.15) is 45.1 Å². The van der Waals surface area contributed by atoms with Crippen molar-refractivity contribution in [3.63, 3.8) is 0 Å². The summed E-state index contributed by atoms with van der Waals surface area (Å²) in [6.45, 7) is 8.38. The van der Waals surface area contributed by atoms with E-state index in [0.717, 1.165) is 6.54 Å². The van der Waals surface area contributed by atoms with Gasteiger partial charge >= 0.3 is 0 Å². The molecule has 3 unspecified atom stereocenters. The first-order chi connectivity index (χ1) is 9.89. The normalized spacial score (nSPS) is 34.5. The van der Waals surface area contributed by atoms with Crippen molar-refractivity contribution < 1.29 is 0 Å². The molecule has 1 aliphatic carbocycles. The van der Waals surface area contributed by atoms with E-state index in [1.807, 2.05) is 0 Å². The molecule has 0 amide bonds. The largest absolute Gasteiger partial charge is 0.351 e. The molecule has 4 rings (SSSR count). The van der Waals surface area contributed by atoms with Gasteiger partial charge in [-0.1, -0.05) is 26.8 Å². The van der Waals surface area contributed by atoms with Gasteiger partial charge in [0.15, 0.2) is 0 Å². The molecule has 21 heavy (non-hydrogen) atoms. The molecule has 1 radical (unpaired) electrons. The molecule has 3 atom stereocenters. The second-order valence-electron chi connectivity index (χ2n) is 8.22. The van der Waals surface area contributed by atoms with Gasteiger partial charge in [0.2, 0.25) is 0 Å². The Morgan fingerprint density at radius 1 is 1.14 bits per heavy atom. The quantitative estimate of drug-likeness (QED) is 0.750. The first kappa shape index (κ1) is 13.4. The van der Waals surface area contributed by atoms with Crippen molar-refractivity contribution in [3.8, 4) is 0 Å². The number of aryl methyl sites for hydroxylation is 1. The first-order valence-corrected chi connectivity index (χ1v) is 8.11. The summed E-state index contributed by atoms with van der Waals surface area (Å²) in [5, 5.41) is 6.27. The molecule has 1 saturated carbocycles. The van der Waals surface area contributed by atoms with Crippen molar-refractivity contribution in [3.05, 3.63) is 36.0 Å². The molecule has 1 aliphatic heterocycles. The third-order valence-corrected chi connectivity index (χ3v) is 5.90. The highest BCUT2D eigenvalue weighted by molar-refractivity contribution is 5.81. The Kier molecular flexibility index (Phi) is 2.63. The van der Waals surface area contributed by atoms with Crippen molar-refractivity contribution in [2.24, 2.45) is 17.9 Å². The molecule has 2 fully saturated rings. The van der Waals surface area contributed by atoms with Crippen LogP contribution in [-0.4, -0.2) is 17.2 Å². The van der Waals surface area contributed by atoms with E-state index in [-0.39, 0.29) is 0 Å². The molecule has 2 nitrogen and oxygen atoms in total. The predicted molar refractivity (Wildman–Crippen MR) is 87.6 cm³/mol. The van der Waals surface area contributed by atoms with E-state index in [1.54, 1.807) is 0 Å². The van der Waals surface area contributed by atoms with Crippen LogP contribution in [0.25, 0.3) is 10.9 Å². The average molecular weight is 281 g/mol. The van der Waals surface area contributed by atoms with E-state index in [4.69, 9.17) is 5.32 Å². The monoisotopic (exact) mass is 281 g/mol. The lowest BCUT2D eigenvalue weighted by molar-refractivity contribution is 0.0910. The minimum atomic E-state index is 0.333. The summed E-state index contributed by atoms with van der Waals surface area (Å²) < 4.78 is 2.20. The summed E-state index contributed by atoms with van der Waals surface area (Å²) in [7, 11) is 2.12. The third kappa shape index (κ3) is 1.88. The molecule has 1 saturated heterocycles. The summed E-state index contributed by atoms with van der Waals surface area (Å²) in [6.07, 6.45) is 4.66. The van der Waals surface area contributed by atoms with Crippen LogP contribution in [0.5, 0.6) is 0 Å². The molecule has 0 spiro atoms. The molecule has 1 aromatic carbocycles. The fraction of sp³-hybridized carbons (Fsp3) is 0.579. The zero-order valence-electron chi connectivity index (χ0n) is 13.6. The number of fused-ring (bicyclic) bond motifs is 3. The molecule has 2 heterocycles. The molecule has 2 heteroatoms. The number of aromatic nitrogens is 1. The summed E-state index contributed by atoms with van der Waals surface area (Å²) in [4.78, 5) is 0. The molecular formula is C19H25N2. The zero-order chi connectivity index (χ0) is 14.8. The zero-order valence-corrected chi connectivity index (χ0v) is 13.6. The Bertz CT molecular complexity index is 697. The highest BCUT2D eigenvalue weighted by Crippen LogP contribution is 2.59. The van der Waals surface area contributed by atoms with Crippen LogP contribution in [0.2, 0.25) is 0 Å². The van der Waals surface area contributed by atoms with Gasteiger partial charge in [0.05, 0.1) is 0 Å². The summed E-state index contributed by atoms with van der Waals surface area (Å²) in [5.41, 5.74) is 3.51. The van der Waals surface area contributed by atoms with Gasteiger partial charge in [-0.25, -0.2) is 5.32 Å². The second kappa shape index (κ2) is 4.13. The fourth-order valence-corrected chi connectivity index (χ4v) is 5.35. The van der Waals surface area contributed by atoms with E-state index < -0.39 is 0 Å². The SMILES string of the molecule is Cn1ccc2cc(C3C(C)(C)CC4CC3(C)C[N]4)ccc21. The van der Waals surface area contributed by atoms with Gasteiger partial charge in [0, 0.05) is 31.3 Å². The van der Waals surface area contributed by atoms with Crippen LogP contribution in [0.3, 0.4) is 0 Å². The van der Waals surface area contributed by atoms with Crippen LogP contribution >= 0.6 is 0 Å². The first-order valence-electron chi connectivity index (χ1n) is 8.11. The molecule has 2 bridgehead atoms. The van der Waals surface area contributed by atoms with Gasteiger partial charge in [-0.3, -0.25) is 0 Å². The lowest BCUT2D eigenvalue weighted by atomic mass is 9.55. The summed E-state index contributed by atoms with van der Waals surface area (Å²) in [6, 6.07) is 9.91. The Hall–Kier alpha value is -1.28. The van der Waals surface area contributed by atoms with Gasteiger partial charge in [-0.15, -0.1) is 0 Å². The van der Waals surface area contributed by atoms with Gasteiger partial charge < -0.3 is 4.57 Å². The van der Waals surface area contributed by atoms with Crippen LogP contribution in [-0.2, 0) is 7.05 Å². The minimum Gasteiger partial charge on any atom is -0.351 e. The molecular weight excluding hydrogens is 256 g/mol. The Labute approximate surface area is 127 Å². The fourth-order valence-electron chi connectivity index (χ4n) is 5.35. The van der Waals surface area contributed by atoms with E-state index in [1.165, 1.54) is 29.3 Å². The number of hydrogen-bond donors (Lipinski definition) is 0. The molecule has 111 valence electrons. The third-order valence-electron chi connectivity index (χ3n) is 5.90. The van der Waals surface area contributed by atoms with Gasteiger partial charge in [0.1, 0.15) is 0 Å². The predicted octanol–water partition coefficient (Wildman–Crippen LogP) is 4.07. The smallest absolute Gasteiger partial charge is 0.0477 e. The van der Waals surface area contributed by atoms with Crippen LogP contribution in [0.4, 0.5) is 0 Å². The van der Waals surface area contributed by atoms with Crippen LogP contribution < -0.4 is 5.32 Å². The van der Waals surface area contributed by atoms with E-state index in [2.05, 4.69) is 62.8 Å². The maximum Gasteiger partial charge on any atom is 0.0477 e. The minimum absolute atomic E-state index is 0.333. The topological polar surface area (TPSA) is 19.0 Å². The van der Waals surface area contributed by atoms with E-state index in [0.29, 0.717) is 22.8 Å². The molecule has 2 aromatic rings. The number of nitrogens with zero attached hydrogens (tertiary/aromatic N) is 2. The van der Waals surface area contributed by atoms with E-state index in [9.17, 15) is 0 Å². The van der Waals surface area contributed by atoms with Gasteiger partial charge in [-0.2, -0.15) is 0 Å². The molecule has 1 aromatic heterocycles. The summed E-state index contributed by atoms with van der Waals surface area (Å²) in [5.74, 6) is 0.608. The van der Waals surface area contributed by atoms with Crippen molar-refractivity contribution in [1.82, 2.24) is 9.88 Å². The van der Waals surface area contributed by atoms with Crippen molar-refractivity contribution in [1.29, 1.82) is 0 Å². The summed E-state index contributed by atoms with van der Waals surface area (Å²) >= 11 is 0. The van der Waals surface area contributed by atoms with Crippen molar-refractivity contribution >= 4 is 10.9 Å². The highest BCUT2D eigenvalue weighted by atomic mass is 15.0. The Morgan fingerprint density at radius 3 is 2.76 bits per heavy atom. The maximum atomic E-state index is 4.90. The maximum absolute atomic E-state index is 4.90. The lowest BCUT2D eigenvalue weighted by Gasteiger charge is -2.48. The average Bonchev–Trinajstić information content (AvgIpc) is 2.91. The van der Waals surface area contributed by atoms with Gasteiger partial charge in [0.25, 0.3) is 0 Å². The van der Waals surface area contributed by atoms with Crippen LogP contribution in [0, 0.1) is 10.8 Å². The number of benzene rings is 1. The second-order valence-corrected chi connectivity index (χ2v) is 8.22. The molecule has 0 N–H and O–H groups in total. The van der Waals surface area contributed by atoms with Crippen LogP contribution in [0.15, 0.2) is 30.5 Å². The van der Waals surface area contributed by atoms with Crippen molar-refractivity contribution in [2.75, 3.05) is 6.54 Å². The highest BCUT2D eigenvalue weighted by Gasteiger charge is 2.54. The lowest BCUT2D eigenvalue weighted by Crippen LogP contribution is -2.41. The Morgan fingerprint density at radius 2 is 1.95 bits per heavy atom. The van der Waals surface area contributed by atoms with Crippen molar-refractivity contribution in [2.45, 2.75) is 45.6 Å². The van der Waals surface area contributed by atoms with Gasteiger partial charge in [-0.05, 0) is 58.7 Å². The van der Waals surface area contributed by atoms with E-state index >= 15 is 0 Å².